The second kappa shape index (κ2) is 7.98. The van der Waals surface area contributed by atoms with E-state index in [4.69, 9.17) is 0 Å². The van der Waals surface area contributed by atoms with Crippen molar-refractivity contribution in [3.63, 3.8) is 0 Å². The molecular weight excluding hydrogens is 366 g/mol. The summed E-state index contributed by atoms with van der Waals surface area (Å²) in [6, 6.07) is 9.73. The lowest BCUT2D eigenvalue weighted by molar-refractivity contribution is -0.137. The Morgan fingerprint density at radius 3 is 2.37 bits per heavy atom. The maximum absolute atomic E-state index is 12.9. The largest absolute Gasteiger partial charge is 0.340 e. The third-order valence-corrected chi connectivity index (χ3v) is 7.45. The second-order valence-electron chi connectivity index (χ2n) is 7.16. The van der Waals surface area contributed by atoms with Gasteiger partial charge in [0.25, 0.3) is 0 Å². The Morgan fingerprint density at radius 2 is 1.78 bits per heavy atom. The summed E-state index contributed by atoms with van der Waals surface area (Å²) >= 11 is 0. The number of rotatable bonds is 5. The molecule has 8 heteroatoms. The molecule has 7 nitrogen and oxygen atoms in total. The zero-order chi connectivity index (χ0) is 19.6. The molecule has 0 radical (unpaired) electrons. The van der Waals surface area contributed by atoms with Gasteiger partial charge in [0, 0.05) is 39.1 Å². The van der Waals surface area contributed by atoms with Crippen molar-refractivity contribution < 1.29 is 18.0 Å². The molecule has 27 heavy (non-hydrogen) atoms. The summed E-state index contributed by atoms with van der Waals surface area (Å²) in [5.41, 5.74) is 1.05. The van der Waals surface area contributed by atoms with Gasteiger partial charge in [0.05, 0.1) is 17.7 Å². The molecule has 1 aromatic carbocycles. The van der Waals surface area contributed by atoms with E-state index in [0.717, 1.165) is 5.56 Å². The lowest BCUT2D eigenvalue weighted by Crippen LogP contribution is -2.52. The molecule has 0 N–H and O–H groups in total. The summed E-state index contributed by atoms with van der Waals surface area (Å²) in [7, 11) is -3.22. The third-order valence-electron chi connectivity index (χ3n) is 5.57. The lowest BCUT2D eigenvalue weighted by Gasteiger charge is -2.35. The predicted molar refractivity (Wildman–Crippen MR) is 102 cm³/mol. The summed E-state index contributed by atoms with van der Waals surface area (Å²) < 4.78 is 25.4. The van der Waals surface area contributed by atoms with Crippen molar-refractivity contribution in [3.8, 4) is 0 Å². The Kier molecular flexibility index (Phi) is 5.86. The number of hydrogen-bond donors (Lipinski definition) is 0. The Balaban J connectivity index is 1.60. The highest BCUT2D eigenvalue weighted by Gasteiger charge is 2.39. The molecule has 0 bridgehead atoms. The van der Waals surface area contributed by atoms with Gasteiger partial charge in [-0.05, 0) is 19.4 Å². The topological polar surface area (TPSA) is 78.0 Å². The van der Waals surface area contributed by atoms with Crippen LogP contribution in [0.25, 0.3) is 0 Å². The van der Waals surface area contributed by atoms with Gasteiger partial charge in [0.15, 0.2) is 0 Å². The first-order valence-electron chi connectivity index (χ1n) is 9.44. The standard InChI is InChI=1S/C19H27N3O4S/c1-3-27(25,26)21-11-9-20(10-12-21)19(24)17-13-18(23)22(14-17)15(2)16-7-5-4-6-8-16/h4-8,15,17H,3,9-14H2,1-2H3. The molecule has 0 spiro atoms. The minimum atomic E-state index is -3.22. The van der Waals surface area contributed by atoms with Crippen molar-refractivity contribution in [2.24, 2.45) is 5.92 Å². The van der Waals surface area contributed by atoms with Crippen LogP contribution < -0.4 is 0 Å². The molecule has 0 aliphatic carbocycles. The fraction of sp³-hybridized carbons (Fsp3) is 0.579. The number of piperazine rings is 1. The average molecular weight is 394 g/mol. The molecule has 3 rings (SSSR count). The van der Waals surface area contributed by atoms with Crippen LogP contribution in [0.15, 0.2) is 30.3 Å². The Morgan fingerprint density at radius 1 is 1.15 bits per heavy atom. The van der Waals surface area contributed by atoms with Gasteiger partial charge < -0.3 is 9.80 Å². The van der Waals surface area contributed by atoms with E-state index in [1.807, 2.05) is 37.3 Å². The van der Waals surface area contributed by atoms with E-state index in [1.54, 1.807) is 16.7 Å². The van der Waals surface area contributed by atoms with Crippen molar-refractivity contribution >= 4 is 21.8 Å². The number of nitrogens with zero attached hydrogens (tertiary/aromatic N) is 3. The van der Waals surface area contributed by atoms with E-state index in [-0.39, 0.29) is 35.9 Å². The molecule has 2 unspecified atom stereocenters. The predicted octanol–water partition coefficient (Wildman–Crippen LogP) is 1.09. The highest BCUT2D eigenvalue weighted by molar-refractivity contribution is 7.89. The molecule has 2 aliphatic heterocycles. The number of carbonyl (C=O) groups excluding carboxylic acids is 2. The van der Waals surface area contributed by atoms with E-state index in [0.29, 0.717) is 32.7 Å². The first-order valence-corrected chi connectivity index (χ1v) is 11.1. The van der Waals surface area contributed by atoms with Gasteiger partial charge in [-0.3, -0.25) is 9.59 Å². The summed E-state index contributed by atoms with van der Waals surface area (Å²) in [5.74, 6) is -0.320. The highest BCUT2D eigenvalue weighted by Crippen LogP contribution is 2.29. The van der Waals surface area contributed by atoms with Crippen molar-refractivity contribution in [3.05, 3.63) is 35.9 Å². The fourth-order valence-electron chi connectivity index (χ4n) is 3.81. The van der Waals surface area contributed by atoms with Gasteiger partial charge in [-0.15, -0.1) is 0 Å². The zero-order valence-electron chi connectivity index (χ0n) is 15.9. The molecule has 0 aromatic heterocycles. The molecular formula is C19H27N3O4S. The van der Waals surface area contributed by atoms with Gasteiger partial charge in [-0.25, -0.2) is 8.42 Å². The second-order valence-corrected chi connectivity index (χ2v) is 9.42. The molecule has 2 fully saturated rings. The van der Waals surface area contributed by atoms with Crippen LogP contribution in [0, 0.1) is 5.92 Å². The van der Waals surface area contributed by atoms with Crippen LogP contribution in [-0.2, 0) is 19.6 Å². The molecule has 2 atom stereocenters. The number of benzene rings is 1. The van der Waals surface area contributed by atoms with Gasteiger partial charge >= 0.3 is 0 Å². The smallest absolute Gasteiger partial charge is 0.228 e. The number of sulfonamides is 1. The van der Waals surface area contributed by atoms with Crippen LogP contribution in [-0.4, -0.2) is 72.8 Å². The normalized spacial score (nSPS) is 22.9. The number of likely N-dealkylation sites (tertiary alicyclic amines) is 1. The van der Waals surface area contributed by atoms with Gasteiger partial charge in [-0.2, -0.15) is 4.31 Å². The summed E-state index contributed by atoms with van der Waals surface area (Å²) in [5, 5.41) is 0. The third kappa shape index (κ3) is 4.16. The van der Waals surface area contributed by atoms with Gasteiger partial charge in [0.1, 0.15) is 0 Å². The van der Waals surface area contributed by atoms with Gasteiger partial charge in [0.2, 0.25) is 21.8 Å². The van der Waals surface area contributed by atoms with Crippen molar-refractivity contribution in [2.75, 3.05) is 38.5 Å². The van der Waals surface area contributed by atoms with Crippen LogP contribution in [0.1, 0.15) is 31.9 Å². The quantitative estimate of drug-likeness (QED) is 0.750. The maximum atomic E-state index is 12.9. The number of amides is 2. The Labute approximate surface area is 161 Å². The lowest BCUT2D eigenvalue weighted by atomic mass is 10.1. The molecule has 148 valence electrons. The SMILES string of the molecule is CCS(=O)(=O)N1CCN(C(=O)C2CC(=O)N(C(C)c3ccccc3)C2)CC1. The number of hydrogen-bond acceptors (Lipinski definition) is 4. The molecule has 2 saturated heterocycles. The molecule has 2 amide bonds. The van der Waals surface area contributed by atoms with Crippen LogP contribution in [0.4, 0.5) is 0 Å². The average Bonchev–Trinajstić information content (AvgIpc) is 3.09. The molecule has 1 aromatic rings. The van der Waals surface area contributed by atoms with Crippen LogP contribution >= 0.6 is 0 Å². The van der Waals surface area contributed by atoms with E-state index in [2.05, 4.69) is 0 Å². The van der Waals surface area contributed by atoms with E-state index >= 15 is 0 Å². The van der Waals surface area contributed by atoms with E-state index in [1.165, 1.54) is 4.31 Å². The van der Waals surface area contributed by atoms with Crippen molar-refractivity contribution in [1.82, 2.24) is 14.1 Å². The number of carbonyl (C=O) groups is 2. The summed E-state index contributed by atoms with van der Waals surface area (Å²) in [6.45, 7) is 5.45. The minimum absolute atomic E-state index is 0.00287. The summed E-state index contributed by atoms with van der Waals surface area (Å²) in [4.78, 5) is 28.8. The molecule has 2 heterocycles. The molecule has 0 saturated carbocycles. The van der Waals surface area contributed by atoms with Crippen molar-refractivity contribution in [2.45, 2.75) is 26.3 Å². The highest BCUT2D eigenvalue weighted by atomic mass is 32.2. The van der Waals surface area contributed by atoms with Crippen LogP contribution in [0.2, 0.25) is 0 Å². The van der Waals surface area contributed by atoms with Gasteiger partial charge in [-0.1, -0.05) is 30.3 Å². The van der Waals surface area contributed by atoms with E-state index in [9.17, 15) is 18.0 Å². The monoisotopic (exact) mass is 393 g/mol. The van der Waals surface area contributed by atoms with Crippen molar-refractivity contribution in [1.29, 1.82) is 0 Å². The zero-order valence-corrected chi connectivity index (χ0v) is 16.7. The Hall–Kier alpha value is -1.93. The Bertz CT molecular complexity index is 788. The van der Waals surface area contributed by atoms with E-state index < -0.39 is 10.0 Å². The van der Waals surface area contributed by atoms with Crippen LogP contribution in [0.5, 0.6) is 0 Å². The summed E-state index contributed by atoms with van der Waals surface area (Å²) in [6.07, 6.45) is 0.226. The van der Waals surface area contributed by atoms with Crippen LogP contribution in [0.3, 0.4) is 0 Å². The fourth-order valence-corrected chi connectivity index (χ4v) is 4.90. The first-order chi connectivity index (χ1) is 12.8. The molecule has 2 aliphatic rings. The minimum Gasteiger partial charge on any atom is -0.340 e. The maximum Gasteiger partial charge on any atom is 0.228 e. The first kappa shape index (κ1) is 19.8.